The van der Waals surface area contributed by atoms with Crippen molar-refractivity contribution in [2.24, 2.45) is 4.99 Å². The van der Waals surface area contributed by atoms with Gasteiger partial charge in [-0.25, -0.2) is 4.98 Å². The van der Waals surface area contributed by atoms with Crippen molar-refractivity contribution in [2.75, 3.05) is 13.1 Å². The number of likely N-dealkylation sites (tertiary alicyclic amines) is 1. The van der Waals surface area contributed by atoms with Crippen molar-refractivity contribution in [1.82, 2.24) is 19.8 Å². The van der Waals surface area contributed by atoms with E-state index in [-0.39, 0.29) is 5.91 Å². The molecule has 1 N–H and O–H groups in total. The molecule has 23 heavy (non-hydrogen) atoms. The summed E-state index contributed by atoms with van der Waals surface area (Å²) in [6.07, 6.45) is 10.9. The van der Waals surface area contributed by atoms with Gasteiger partial charge in [0.15, 0.2) is 0 Å². The molecule has 0 bridgehead atoms. The van der Waals surface area contributed by atoms with Crippen LogP contribution < -0.4 is 5.32 Å². The van der Waals surface area contributed by atoms with E-state index in [4.69, 9.17) is 0 Å². The summed E-state index contributed by atoms with van der Waals surface area (Å²) in [4.78, 5) is 23.5. The average molecular weight is 315 g/mol. The summed E-state index contributed by atoms with van der Waals surface area (Å²) >= 11 is 0. The fraction of sp³-hybridized carbons (Fsp3) is 0.706. The Morgan fingerprint density at radius 1 is 1.30 bits per heavy atom. The predicted molar refractivity (Wildman–Crippen MR) is 88.2 cm³/mol. The first-order valence-corrected chi connectivity index (χ1v) is 8.77. The van der Waals surface area contributed by atoms with Crippen LogP contribution in [-0.2, 0) is 11.3 Å². The summed E-state index contributed by atoms with van der Waals surface area (Å²) in [6, 6.07) is 0.636. The van der Waals surface area contributed by atoms with Crippen molar-refractivity contribution in [3.05, 3.63) is 18.2 Å². The first kappa shape index (κ1) is 14.9. The second-order valence-electron chi connectivity index (χ2n) is 7.19. The van der Waals surface area contributed by atoms with Gasteiger partial charge in [-0.3, -0.25) is 14.7 Å². The van der Waals surface area contributed by atoms with Crippen LogP contribution in [0.5, 0.6) is 0 Å². The van der Waals surface area contributed by atoms with Crippen LogP contribution in [0, 0.1) is 0 Å². The molecular formula is C17H25N5O. The first-order valence-electron chi connectivity index (χ1n) is 8.77. The molecule has 2 fully saturated rings. The van der Waals surface area contributed by atoms with Crippen molar-refractivity contribution in [1.29, 1.82) is 0 Å². The van der Waals surface area contributed by atoms with Gasteiger partial charge in [0.1, 0.15) is 11.4 Å². The summed E-state index contributed by atoms with van der Waals surface area (Å²) in [5.41, 5.74) is 0.815. The number of rotatable bonds is 3. The molecule has 0 unspecified atom stereocenters. The van der Waals surface area contributed by atoms with Gasteiger partial charge in [0.2, 0.25) is 0 Å². The van der Waals surface area contributed by atoms with Gasteiger partial charge < -0.3 is 9.88 Å². The maximum atomic E-state index is 12.2. The van der Waals surface area contributed by atoms with E-state index in [0.717, 1.165) is 38.3 Å². The first-order chi connectivity index (χ1) is 11.2. The summed E-state index contributed by atoms with van der Waals surface area (Å²) < 4.78 is 2.38. The molecule has 3 heterocycles. The molecule has 1 saturated heterocycles. The van der Waals surface area contributed by atoms with Gasteiger partial charge in [-0.05, 0) is 32.6 Å². The van der Waals surface area contributed by atoms with Crippen molar-refractivity contribution < 1.29 is 4.79 Å². The number of carbonyl (C=O) groups is 1. The normalized spacial score (nSPS) is 25.1. The highest BCUT2D eigenvalue weighted by molar-refractivity contribution is 6.07. The zero-order valence-electron chi connectivity index (χ0n) is 13.8. The maximum absolute atomic E-state index is 12.2. The lowest BCUT2D eigenvalue weighted by atomic mass is 9.88. The molecule has 124 valence electrons. The number of amides is 1. The number of aromatic nitrogens is 2. The number of aliphatic imine (C=N–C) groups is 1. The molecule has 2 aliphatic heterocycles. The lowest BCUT2D eigenvalue weighted by Gasteiger charge is -2.35. The Morgan fingerprint density at radius 2 is 2.04 bits per heavy atom. The standard InChI is InChI=1S/C17H25N5O/c1-13-19-16(23)17(20-13)6-8-21(9-7-17)11-15-10-18-12-22(15)14-4-2-3-5-14/h10,12,14H,2-9,11H2,1H3,(H,19,20,23). The number of amidine groups is 1. The Morgan fingerprint density at radius 3 is 2.70 bits per heavy atom. The van der Waals surface area contributed by atoms with Crippen LogP contribution >= 0.6 is 0 Å². The minimum absolute atomic E-state index is 0.0886. The molecule has 0 aromatic carbocycles. The lowest BCUT2D eigenvalue weighted by Crippen LogP contribution is -2.48. The molecule has 1 saturated carbocycles. The fourth-order valence-electron chi connectivity index (χ4n) is 4.30. The highest BCUT2D eigenvalue weighted by Gasteiger charge is 2.44. The van der Waals surface area contributed by atoms with Gasteiger partial charge in [-0.1, -0.05) is 12.8 Å². The maximum Gasteiger partial charge on any atom is 0.253 e. The Bertz CT molecular complexity index is 621. The molecule has 0 radical (unpaired) electrons. The van der Waals surface area contributed by atoms with Crippen molar-refractivity contribution in [3.63, 3.8) is 0 Å². The zero-order valence-corrected chi connectivity index (χ0v) is 13.8. The van der Waals surface area contributed by atoms with Gasteiger partial charge in [-0.15, -0.1) is 0 Å². The smallest absolute Gasteiger partial charge is 0.253 e. The predicted octanol–water partition coefficient (Wildman–Crippen LogP) is 1.88. The molecule has 3 aliphatic rings. The molecule has 4 rings (SSSR count). The second-order valence-corrected chi connectivity index (χ2v) is 7.19. The number of hydrogen-bond acceptors (Lipinski definition) is 4. The highest BCUT2D eigenvalue weighted by atomic mass is 16.2. The van der Waals surface area contributed by atoms with Crippen LogP contribution in [0.2, 0.25) is 0 Å². The van der Waals surface area contributed by atoms with E-state index in [9.17, 15) is 4.79 Å². The molecule has 1 aliphatic carbocycles. The van der Waals surface area contributed by atoms with Gasteiger partial charge >= 0.3 is 0 Å². The SMILES string of the molecule is CC1=NC2(CCN(Cc3cncn3C3CCCC3)CC2)C(=O)N1. The largest absolute Gasteiger partial charge is 0.330 e. The molecule has 1 aromatic rings. The molecule has 1 aromatic heterocycles. The monoisotopic (exact) mass is 315 g/mol. The van der Waals surface area contributed by atoms with E-state index >= 15 is 0 Å². The number of hydrogen-bond donors (Lipinski definition) is 1. The molecular weight excluding hydrogens is 290 g/mol. The topological polar surface area (TPSA) is 62.5 Å². The van der Waals surface area contributed by atoms with Gasteiger partial charge in [-0.2, -0.15) is 0 Å². The number of carbonyl (C=O) groups excluding carboxylic acids is 1. The van der Waals surface area contributed by atoms with Crippen LogP contribution in [-0.4, -0.2) is 44.8 Å². The molecule has 1 amide bonds. The van der Waals surface area contributed by atoms with Crippen LogP contribution in [0.25, 0.3) is 0 Å². The van der Waals surface area contributed by atoms with E-state index in [1.54, 1.807) is 0 Å². The van der Waals surface area contributed by atoms with Crippen LogP contribution in [0.15, 0.2) is 17.5 Å². The Kier molecular flexibility index (Phi) is 3.71. The van der Waals surface area contributed by atoms with Crippen LogP contribution in [0.1, 0.15) is 57.2 Å². The molecule has 0 atom stereocenters. The molecule has 6 nitrogen and oxygen atoms in total. The minimum atomic E-state index is -0.494. The summed E-state index contributed by atoms with van der Waals surface area (Å²) in [5, 5.41) is 2.86. The molecule has 1 spiro atoms. The Hall–Kier alpha value is -1.69. The minimum Gasteiger partial charge on any atom is -0.330 e. The van der Waals surface area contributed by atoms with Crippen molar-refractivity contribution in [2.45, 2.75) is 63.6 Å². The van der Waals surface area contributed by atoms with Gasteiger partial charge in [0.05, 0.1) is 12.0 Å². The van der Waals surface area contributed by atoms with Crippen LogP contribution in [0.4, 0.5) is 0 Å². The van der Waals surface area contributed by atoms with E-state index in [0.29, 0.717) is 6.04 Å². The second kappa shape index (κ2) is 5.74. The summed E-state index contributed by atoms with van der Waals surface area (Å²) in [6.45, 7) is 4.64. The Balaban J connectivity index is 1.40. The molecule has 6 heteroatoms. The fourth-order valence-corrected chi connectivity index (χ4v) is 4.30. The highest BCUT2D eigenvalue weighted by Crippen LogP contribution is 2.32. The number of piperidine rings is 1. The number of nitrogens with zero attached hydrogens (tertiary/aromatic N) is 4. The van der Waals surface area contributed by atoms with Crippen LogP contribution in [0.3, 0.4) is 0 Å². The third kappa shape index (κ3) is 2.69. The summed E-state index contributed by atoms with van der Waals surface area (Å²) in [5.74, 6) is 0.855. The summed E-state index contributed by atoms with van der Waals surface area (Å²) in [7, 11) is 0. The Labute approximate surface area is 137 Å². The zero-order chi connectivity index (χ0) is 15.9. The number of nitrogens with one attached hydrogen (secondary N) is 1. The third-order valence-electron chi connectivity index (χ3n) is 5.63. The van der Waals surface area contributed by atoms with E-state index in [1.165, 1.54) is 31.4 Å². The van der Waals surface area contributed by atoms with E-state index < -0.39 is 5.54 Å². The van der Waals surface area contributed by atoms with E-state index in [2.05, 4.69) is 24.8 Å². The third-order valence-corrected chi connectivity index (χ3v) is 5.63. The van der Waals surface area contributed by atoms with Gasteiger partial charge in [0.25, 0.3) is 5.91 Å². The van der Waals surface area contributed by atoms with E-state index in [1.807, 2.05) is 19.4 Å². The van der Waals surface area contributed by atoms with Crippen molar-refractivity contribution in [3.8, 4) is 0 Å². The quantitative estimate of drug-likeness (QED) is 0.926. The van der Waals surface area contributed by atoms with Gasteiger partial charge in [0, 0.05) is 31.9 Å². The lowest BCUT2D eigenvalue weighted by molar-refractivity contribution is -0.125. The number of imidazole rings is 1. The van der Waals surface area contributed by atoms with Crippen molar-refractivity contribution >= 4 is 11.7 Å². The average Bonchev–Trinajstić information content (AvgIpc) is 3.23.